The number of anilines is 2. The van der Waals surface area contributed by atoms with Crippen molar-refractivity contribution in [2.45, 2.75) is 32.8 Å². The maximum Gasteiger partial charge on any atom is 0.242 e. The van der Waals surface area contributed by atoms with Gasteiger partial charge in [-0.3, -0.25) is 0 Å². The maximum absolute atomic E-state index is 5.95. The Kier molecular flexibility index (Phi) is 4.79. The van der Waals surface area contributed by atoms with Crippen LogP contribution in [0.2, 0.25) is 0 Å². The number of nitrogen functional groups attached to an aromatic ring is 1. The molecule has 1 aliphatic carbocycles. The molecule has 0 atom stereocenters. The third kappa shape index (κ3) is 4.55. The molecule has 1 aromatic heterocycles. The summed E-state index contributed by atoms with van der Waals surface area (Å²) in [7, 11) is 0. The van der Waals surface area contributed by atoms with E-state index in [4.69, 9.17) is 15.2 Å². The van der Waals surface area contributed by atoms with Crippen molar-refractivity contribution >= 4 is 11.5 Å². The number of hydrogen-bond acceptors (Lipinski definition) is 6. The molecule has 2 rings (SSSR count). The lowest BCUT2D eigenvalue weighted by molar-refractivity contribution is 0.134. The summed E-state index contributed by atoms with van der Waals surface area (Å²) in [5.74, 6) is 1.81. The molecule has 0 aliphatic heterocycles. The van der Waals surface area contributed by atoms with Gasteiger partial charge >= 0.3 is 0 Å². The Morgan fingerprint density at radius 3 is 2.89 bits per heavy atom. The first-order valence-corrected chi connectivity index (χ1v) is 6.75. The topological polar surface area (TPSA) is 82.3 Å². The van der Waals surface area contributed by atoms with Gasteiger partial charge in [0.25, 0.3) is 0 Å². The molecule has 0 spiro atoms. The molecule has 106 valence electrons. The predicted octanol–water partition coefficient (Wildman–Crippen LogP) is 1.68. The first-order chi connectivity index (χ1) is 9.16. The van der Waals surface area contributed by atoms with Crippen molar-refractivity contribution in [3.63, 3.8) is 0 Å². The zero-order valence-corrected chi connectivity index (χ0v) is 11.6. The number of nitrogens with zero attached hydrogens (tertiary/aromatic N) is 2. The van der Waals surface area contributed by atoms with E-state index in [0.29, 0.717) is 30.5 Å². The van der Waals surface area contributed by atoms with Crippen LogP contribution >= 0.6 is 0 Å². The lowest BCUT2D eigenvalue weighted by Crippen LogP contribution is -2.15. The van der Waals surface area contributed by atoms with Crippen LogP contribution in [-0.2, 0) is 4.74 Å². The highest BCUT2D eigenvalue weighted by molar-refractivity contribution is 5.66. The zero-order chi connectivity index (χ0) is 13.7. The second-order valence-electron chi connectivity index (χ2n) is 5.05. The monoisotopic (exact) mass is 266 g/mol. The van der Waals surface area contributed by atoms with Crippen LogP contribution in [0.5, 0.6) is 5.88 Å². The van der Waals surface area contributed by atoms with Crippen LogP contribution < -0.4 is 15.8 Å². The van der Waals surface area contributed by atoms with Crippen molar-refractivity contribution in [1.29, 1.82) is 0 Å². The molecule has 0 radical (unpaired) electrons. The molecule has 0 aromatic carbocycles. The average Bonchev–Trinajstić information content (AvgIpc) is 3.16. The summed E-state index contributed by atoms with van der Waals surface area (Å²) in [5.41, 5.74) is 6.39. The van der Waals surface area contributed by atoms with Crippen molar-refractivity contribution in [3.8, 4) is 5.88 Å². The summed E-state index contributed by atoms with van der Waals surface area (Å²) < 4.78 is 11.0. The molecule has 0 unspecified atom stereocenters. The van der Waals surface area contributed by atoms with Gasteiger partial charge < -0.3 is 20.5 Å². The summed E-state index contributed by atoms with van der Waals surface area (Å²) in [6.07, 6.45) is 4.10. The minimum Gasteiger partial charge on any atom is -0.473 e. The SMILES string of the molecule is CC(C)Oc1ncnc(NCCOCC2CC2)c1N. The van der Waals surface area contributed by atoms with E-state index in [-0.39, 0.29) is 6.10 Å². The maximum atomic E-state index is 5.95. The number of nitrogens with one attached hydrogen (secondary N) is 1. The highest BCUT2D eigenvalue weighted by Crippen LogP contribution is 2.28. The van der Waals surface area contributed by atoms with E-state index in [1.165, 1.54) is 19.2 Å². The fourth-order valence-corrected chi connectivity index (χ4v) is 1.61. The Morgan fingerprint density at radius 2 is 2.21 bits per heavy atom. The first-order valence-electron chi connectivity index (χ1n) is 6.75. The summed E-state index contributed by atoms with van der Waals surface area (Å²) >= 11 is 0. The van der Waals surface area contributed by atoms with Gasteiger partial charge in [-0.25, -0.2) is 4.98 Å². The van der Waals surface area contributed by atoms with Gasteiger partial charge in [0.05, 0.1) is 12.7 Å². The van der Waals surface area contributed by atoms with Crippen LogP contribution in [0.4, 0.5) is 11.5 Å². The summed E-state index contributed by atoms with van der Waals surface area (Å²) in [6, 6.07) is 0. The van der Waals surface area contributed by atoms with Crippen molar-refractivity contribution in [2.24, 2.45) is 5.92 Å². The van der Waals surface area contributed by atoms with Crippen LogP contribution in [0.1, 0.15) is 26.7 Å². The van der Waals surface area contributed by atoms with Crippen molar-refractivity contribution in [2.75, 3.05) is 30.8 Å². The third-order valence-corrected chi connectivity index (χ3v) is 2.78. The molecule has 1 aromatic rings. The number of hydrogen-bond donors (Lipinski definition) is 2. The lowest BCUT2D eigenvalue weighted by Gasteiger charge is -2.13. The van der Waals surface area contributed by atoms with Crippen molar-refractivity contribution in [1.82, 2.24) is 9.97 Å². The molecule has 6 heteroatoms. The number of nitrogens with two attached hydrogens (primary N) is 1. The van der Waals surface area contributed by atoms with Crippen LogP contribution in [0.3, 0.4) is 0 Å². The molecular formula is C13H22N4O2. The Balaban J connectivity index is 1.78. The predicted molar refractivity (Wildman–Crippen MR) is 74.2 cm³/mol. The van der Waals surface area contributed by atoms with Gasteiger partial charge in [-0.05, 0) is 32.6 Å². The highest BCUT2D eigenvalue weighted by atomic mass is 16.5. The summed E-state index contributed by atoms with van der Waals surface area (Å²) in [5, 5.41) is 3.14. The second-order valence-corrected chi connectivity index (χ2v) is 5.05. The number of aromatic nitrogens is 2. The molecule has 0 saturated heterocycles. The molecule has 0 amide bonds. The van der Waals surface area contributed by atoms with Crippen LogP contribution in [0.15, 0.2) is 6.33 Å². The van der Waals surface area contributed by atoms with Gasteiger partial charge in [0.15, 0.2) is 5.82 Å². The molecule has 3 N–H and O–H groups in total. The van der Waals surface area contributed by atoms with E-state index in [1.54, 1.807) is 0 Å². The van der Waals surface area contributed by atoms with E-state index < -0.39 is 0 Å². The van der Waals surface area contributed by atoms with E-state index >= 15 is 0 Å². The Labute approximate surface area is 113 Å². The molecule has 19 heavy (non-hydrogen) atoms. The van der Waals surface area contributed by atoms with Gasteiger partial charge in [0.1, 0.15) is 12.0 Å². The van der Waals surface area contributed by atoms with Gasteiger partial charge in [0, 0.05) is 13.2 Å². The molecule has 1 saturated carbocycles. The minimum absolute atomic E-state index is 0.0342. The average molecular weight is 266 g/mol. The normalized spacial score (nSPS) is 14.7. The van der Waals surface area contributed by atoms with E-state index in [2.05, 4.69) is 15.3 Å². The molecule has 1 fully saturated rings. The second kappa shape index (κ2) is 6.56. The van der Waals surface area contributed by atoms with E-state index in [0.717, 1.165) is 12.5 Å². The quantitative estimate of drug-likeness (QED) is 0.697. The van der Waals surface area contributed by atoms with Crippen LogP contribution in [0.25, 0.3) is 0 Å². The van der Waals surface area contributed by atoms with Gasteiger partial charge in [-0.2, -0.15) is 4.98 Å². The van der Waals surface area contributed by atoms with E-state index in [9.17, 15) is 0 Å². The Bertz CT molecular complexity index is 408. The molecule has 1 heterocycles. The minimum atomic E-state index is 0.0342. The number of ether oxygens (including phenoxy) is 2. The standard InChI is InChI=1S/C13H22N4O2/c1-9(2)19-13-11(14)12(16-8-17-13)15-5-6-18-7-10-3-4-10/h8-10H,3-7,14H2,1-2H3,(H,15,16,17). The van der Waals surface area contributed by atoms with Crippen molar-refractivity contribution < 1.29 is 9.47 Å². The largest absolute Gasteiger partial charge is 0.473 e. The van der Waals surface area contributed by atoms with Crippen LogP contribution in [0, 0.1) is 5.92 Å². The molecule has 1 aliphatic rings. The number of rotatable bonds is 8. The molecular weight excluding hydrogens is 244 g/mol. The van der Waals surface area contributed by atoms with Crippen LogP contribution in [-0.4, -0.2) is 35.8 Å². The third-order valence-electron chi connectivity index (χ3n) is 2.78. The fraction of sp³-hybridized carbons (Fsp3) is 0.692. The molecule has 0 bridgehead atoms. The van der Waals surface area contributed by atoms with Gasteiger partial charge in [-0.1, -0.05) is 0 Å². The van der Waals surface area contributed by atoms with E-state index in [1.807, 2.05) is 13.8 Å². The van der Waals surface area contributed by atoms with Gasteiger partial charge in [0.2, 0.25) is 5.88 Å². The summed E-state index contributed by atoms with van der Waals surface area (Å²) in [4.78, 5) is 8.13. The smallest absolute Gasteiger partial charge is 0.242 e. The summed E-state index contributed by atoms with van der Waals surface area (Å²) in [6.45, 7) is 6.05. The Hall–Kier alpha value is -1.56. The fourth-order valence-electron chi connectivity index (χ4n) is 1.61. The Morgan fingerprint density at radius 1 is 1.42 bits per heavy atom. The zero-order valence-electron chi connectivity index (χ0n) is 11.6. The highest BCUT2D eigenvalue weighted by Gasteiger charge is 2.20. The lowest BCUT2D eigenvalue weighted by atomic mass is 10.4. The first kappa shape index (κ1) is 13.9. The van der Waals surface area contributed by atoms with Gasteiger partial charge in [-0.15, -0.1) is 0 Å². The molecule has 6 nitrogen and oxygen atoms in total. The van der Waals surface area contributed by atoms with Crippen molar-refractivity contribution in [3.05, 3.63) is 6.33 Å².